The summed E-state index contributed by atoms with van der Waals surface area (Å²) in [5.74, 6) is 1.21. The standard InChI is InChI=1S/C11H14N4O/c1-2-3-6-16-10-4-5-13-11(15-10)9-7-12-8-14-9/h4-5,7-8H,2-3,6H2,1H3,(H,12,14). The summed E-state index contributed by atoms with van der Waals surface area (Å²) in [5.41, 5.74) is 0.793. The molecular weight excluding hydrogens is 204 g/mol. The molecule has 0 fully saturated rings. The highest BCUT2D eigenvalue weighted by atomic mass is 16.5. The van der Waals surface area contributed by atoms with E-state index in [1.807, 2.05) is 0 Å². The van der Waals surface area contributed by atoms with Gasteiger partial charge in [0.15, 0.2) is 5.82 Å². The fourth-order valence-electron chi connectivity index (χ4n) is 1.25. The lowest BCUT2D eigenvalue weighted by Gasteiger charge is -2.04. The van der Waals surface area contributed by atoms with Gasteiger partial charge < -0.3 is 9.72 Å². The smallest absolute Gasteiger partial charge is 0.216 e. The normalized spacial score (nSPS) is 10.3. The fourth-order valence-corrected chi connectivity index (χ4v) is 1.25. The van der Waals surface area contributed by atoms with Crippen molar-refractivity contribution in [1.82, 2.24) is 19.9 Å². The summed E-state index contributed by atoms with van der Waals surface area (Å²) < 4.78 is 5.50. The monoisotopic (exact) mass is 218 g/mol. The van der Waals surface area contributed by atoms with Crippen LogP contribution in [0.25, 0.3) is 11.5 Å². The Kier molecular flexibility index (Phi) is 3.48. The molecule has 1 N–H and O–H groups in total. The number of H-pyrrole nitrogens is 1. The zero-order valence-corrected chi connectivity index (χ0v) is 9.18. The second kappa shape index (κ2) is 5.25. The van der Waals surface area contributed by atoms with E-state index in [-0.39, 0.29) is 0 Å². The van der Waals surface area contributed by atoms with E-state index in [4.69, 9.17) is 4.74 Å². The molecule has 0 saturated carbocycles. The third-order valence-corrected chi connectivity index (χ3v) is 2.12. The molecule has 0 spiro atoms. The van der Waals surface area contributed by atoms with Gasteiger partial charge in [0.2, 0.25) is 5.88 Å². The van der Waals surface area contributed by atoms with Gasteiger partial charge in [-0.25, -0.2) is 9.97 Å². The number of ether oxygens (including phenoxy) is 1. The molecule has 0 unspecified atom stereocenters. The highest BCUT2D eigenvalue weighted by Crippen LogP contribution is 2.13. The first-order valence-electron chi connectivity index (χ1n) is 5.34. The first-order valence-corrected chi connectivity index (χ1v) is 5.34. The molecule has 0 radical (unpaired) electrons. The molecule has 0 aliphatic heterocycles. The molecule has 2 aromatic heterocycles. The molecule has 2 heterocycles. The summed E-state index contributed by atoms with van der Waals surface area (Å²) in [7, 11) is 0. The maximum absolute atomic E-state index is 5.50. The minimum Gasteiger partial charge on any atom is -0.478 e. The number of unbranched alkanes of at least 4 members (excludes halogenated alkanes) is 1. The Hall–Kier alpha value is -1.91. The Bertz CT molecular complexity index is 427. The van der Waals surface area contributed by atoms with Crippen molar-refractivity contribution in [2.45, 2.75) is 19.8 Å². The van der Waals surface area contributed by atoms with Gasteiger partial charge in [-0.1, -0.05) is 13.3 Å². The van der Waals surface area contributed by atoms with E-state index in [2.05, 4.69) is 26.9 Å². The largest absolute Gasteiger partial charge is 0.478 e. The number of imidazole rings is 1. The average molecular weight is 218 g/mol. The quantitative estimate of drug-likeness (QED) is 0.780. The number of nitrogens with one attached hydrogen (secondary N) is 1. The second-order valence-electron chi connectivity index (χ2n) is 3.39. The van der Waals surface area contributed by atoms with E-state index < -0.39 is 0 Å². The summed E-state index contributed by atoms with van der Waals surface area (Å²) in [5, 5.41) is 0. The summed E-state index contributed by atoms with van der Waals surface area (Å²) in [6.45, 7) is 2.81. The Morgan fingerprint density at radius 3 is 3.12 bits per heavy atom. The van der Waals surface area contributed by atoms with Gasteiger partial charge in [0.1, 0.15) is 5.69 Å². The van der Waals surface area contributed by atoms with Gasteiger partial charge in [0.05, 0.1) is 19.1 Å². The SMILES string of the molecule is CCCCOc1ccnc(-c2cnc[nH]2)n1. The van der Waals surface area contributed by atoms with Crippen LogP contribution in [0.5, 0.6) is 5.88 Å². The van der Waals surface area contributed by atoms with E-state index in [1.165, 1.54) is 0 Å². The predicted molar refractivity (Wildman–Crippen MR) is 60.0 cm³/mol. The number of aromatic nitrogens is 4. The van der Waals surface area contributed by atoms with Crippen LogP contribution >= 0.6 is 0 Å². The van der Waals surface area contributed by atoms with E-state index in [9.17, 15) is 0 Å². The Labute approximate surface area is 93.9 Å². The van der Waals surface area contributed by atoms with E-state index in [0.717, 1.165) is 18.5 Å². The minimum atomic E-state index is 0.603. The summed E-state index contributed by atoms with van der Waals surface area (Å²) in [6.07, 6.45) is 7.11. The molecule has 2 aromatic rings. The molecule has 0 aliphatic carbocycles. The average Bonchev–Trinajstić information content (AvgIpc) is 2.83. The third-order valence-electron chi connectivity index (χ3n) is 2.12. The molecule has 0 amide bonds. The highest BCUT2D eigenvalue weighted by molar-refractivity contribution is 5.47. The van der Waals surface area contributed by atoms with Crippen LogP contribution in [-0.4, -0.2) is 26.5 Å². The molecule has 5 heteroatoms. The van der Waals surface area contributed by atoms with Crippen molar-refractivity contribution in [3.05, 3.63) is 24.8 Å². The van der Waals surface area contributed by atoms with Crippen LogP contribution in [0.2, 0.25) is 0 Å². The van der Waals surface area contributed by atoms with Crippen molar-refractivity contribution in [3.8, 4) is 17.4 Å². The van der Waals surface area contributed by atoms with Gasteiger partial charge in [-0.05, 0) is 6.42 Å². The number of nitrogens with zero attached hydrogens (tertiary/aromatic N) is 3. The number of hydrogen-bond donors (Lipinski definition) is 1. The van der Waals surface area contributed by atoms with Gasteiger partial charge in [-0.15, -0.1) is 0 Å². The van der Waals surface area contributed by atoms with E-state index >= 15 is 0 Å². The highest BCUT2D eigenvalue weighted by Gasteiger charge is 2.03. The van der Waals surface area contributed by atoms with Crippen LogP contribution in [0.15, 0.2) is 24.8 Å². The predicted octanol–water partition coefficient (Wildman–Crippen LogP) is 2.05. The molecule has 0 aliphatic rings. The lowest BCUT2D eigenvalue weighted by molar-refractivity contribution is 0.297. The van der Waals surface area contributed by atoms with E-state index in [0.29, 0.717) is 18.3 Å². The zero-order valence-electron chi connectivity index (χ0n) is 9.18. The number of rotatable bonds is 5. The minimum absolute atomic E-state index is 0.603. The lowest BCUT2D eigenvalue weighted by Crippen LogP contribution is -2.00. The summed E-state index contributed by atoms with van der Waals surface area (Å²) in [6, 6.07) is 1.76. The van der Waals surface area contributed by atoms with Gasteiger partial charge in [0, 0.05) is 12.3 Å². The van der Waals surface area contributed by atoms with Crippen molar-refractivity contribution in [2.24, 2.45) is 0 Å². The molecule has 0 atom stereocenters. The maximum atomic E-state index is 5.50. The topological polar surface area (TPSA) is 63.7 Å². The maximum Gasteiger partial charge on any atom is 0.216 e. The van der Waals surface area contributed by atoms with Gasteiger partial charge in [-0.3, -0.25) is 0 Å². The van der Waals surface area contributed by atoms with E-state index in [1.54, 1.807) is 24.8 Å². The van der Waals surface area contributed by atoms with Crippen molar-refractivity contribution >= 4 is 0 Å². The van der Waals surface area contributed by atoms with Crippen LogP contribution in [-0.2, 0) is 0 Å². The summed E-state index contributed by atoms with van der Waals surface area (Å²) in [4.78, 5) is 15.3. The van der Waals surface area contributed by atoms with Crippen molar-refractivity contribution in [3.63, 3.8) is 0 Å². The molecule has 2 rings (SSSR count). The number of hydrogen-bond acceptors (Lipinski definition) is 4. The summed E-state index contributed by atoms with van der Waals surface area (Å²) >= 11 is 0. The molecule has 0 saturated heterocycles. The van der Waals surface area contributed by atoms with Gasteiger partial charge in [-0.2, -0.15) is 4.98 Å². The molecule has 0 bridgehead atoms. The van der Waals surface area contributed by atoms with Crippen LogP contribution in [0.4, 0.5) is 0 Å². The second-order valence-corrected chi connectivity index (χ2v) is 3.39. The van der Waals surface area contributed by atoms with Crippen LogP contribution < -0.4 is 4.74 Å². The first kappa shape index (κ1) is 10.6. The van der Waals surface area contributed by atoms with Crippen LogP contribution in [0.1, 0.15) is 19.8 Å². The number of aromatic amines is 1. The lowest BCUT2D eigenvalue weighted by atomic mass is 10.4. The molecular formula is C11H14N4O. The Morgan fingerprint density at radius 1 is 1.44 bits per heavy atom. The molecule has 0 aromatic carbocycles. The molecule has 5 nitrogen and oxygen atoms in total. The first-order chi connectivity index (χ1) is 7.90. The van der Waals surface area contributed by atoms with Crippen LogP contribution in [0, 0.1) is 0 Å². The van der Waals surface area contributed by atoms with Gasteiger partial charge in [0.25, 0.3) is 0 Å². The van der Waals surface area contributed by atoms with Crippen molar-refractivity contribution < 1.29 is 4.74 Å². The fraction of sp³-hybridized carbons (Fsp3) is 0.364. The van der Waals surface area contributed by atoms with Crippen LogP contribution in [0.3, 0.4) is 0 Å². The third kappa shape index (κ3) is 2.56. The van der Waals surface area contributed by atoms with Crippen molar-refractivity contribution in [2.75, 3.05) is 6.61 Å². The van der Waals surface area contributed by atoms with Gasteiger partial charge >= 0.3 is 0 Å². The Balaban J connectivity index is 2.08. The molecule has 16 heavy (non-hydrogen) atoms. The van der Waals surface area contributed by atoms with Crippen molar-refractivity contribution in [1.29, 1.82) is 0 Å². The Morgan fingerprint density at radius 2 is 2.38 bits per heavy atom. The molecule has 84 valence electrons. The zero-order chi connectivity index (χ0) is 11.2.